The minimum atomic E-state index is -3.64. The van der Waals surface area contributed by atoms with Crippen LogP contribution in [0.3, 0.4) is 0 Å². The highest BCUT2D eigenvalue weighted by Crippen LogP contribution is 2.37. The van der Waals surface area contributed by atoms with Gasteiger partial charge in [0.1, 0.15) is 5.69 Å². The number of hydrogen-bond acceptors (Lipinski definition) is 5. The summed E-state index contributed by atoms with van der Waals surface area (Å²) >= 11 is 0. The fourth-order valence-electron chi connectivity index (χ4n) is 3.80. The summed E-state index contributed by atoms with van der Waals surface area (Å²) in [6.07, 6.45) is 1.07. The zero-order valence-corrected chi connectivity index (χ0v) is 15.2. The van der Waals surface area contributed by atoms with E-state index in [0.29, 0.717) is 5.69 Å². The second kappa shape index (κ2) is 6.25. The van der Waals surface area contributed by atoms with Gasteiger partial charge in [-0.2, -0.15) is 0 Å². The molecule has 4 aromatic carbocycles. The van der Waals surface area contributed by atoms with Crippen molar-refractivity contribution in [3.8, 4) is 0 Å². The van der Waals surface area contributed by atoms with Crippen LogP contribution in [-0.4, -0.2) is 32.7 Å². The van der Waals surface area contributed by atoms with Crippen LogP contribution in [0, 0.1) is 0 Å². The third-order valence-corrected chi connectivity index (χ3v) is 5.24. The average molecular weight is 383 g/mol. The van der Waals surface area contributed by atoms with Gasteiger partial charge in [0.2, 0.25) is 0 Å². The van der Waals surface area contributed by atoms with Crippen LogP contribution >= 0.6 is 0 Å². The minimum absolute atomic E-state index is 0.0968. The topological polar surface area (TPSA) is 103 Å². The van der Waals surface area contributed by atoms with Crippen molar-refractivity contribution < 1.29 is 19.9 Å². The quantitative estimate of drug-likeness (QED) is 0.283. The number of carbonyl (C=O) groups excluding carboxylic acids is 1. The maximum Gasteiger partial charge on any atom is 0.404 e. The van der Waals surface area contributed by atoms with E-state index >= 15 is 0 Å². The average Bonchev–Trinajstić information content (AvgIpc) is 2.72. The Labute approximate surface area is 165 Å². The minimum Gasteiger partial charge on any atom is -0.556 e. The van der Waals surface area contributed by atoms with Crippen molar-refractivity contribution in [2.24, 2.45) is 0 Å². The van der Waals surface area contributed by atoms with Crippen LogP contribution in [-0.2, 0) is 0 Å². The molecule has 7 heteroatoms. The number of nitrogens with zero attached hydrogens (tertiary/aromatic N) is 1. The van der Waals surface area contributed by atoms with Crippen LogP contribution in [0.1, 0.15) is 10.5 Å². The van der Waals surface area contributed by atoms with E-state index in [1.54, 1.807) is 0 Å². The normalized spacial score (nSPS) is 12.1. The lowest BCUT2D eigenvalue weighted by Crippen LogP contribution is -2.49. The largest absolute Gasteiger partial charge is 0.556 e. The molecule has 0 fully saturated rings. The van der Waals surface area contributed by atoms with Crippen LogP contribution in [0.25, 0.3) is 32.3 Å². The number of hydrogen-bond donors (Lipinski definition) is 4. The Morgan fingerprint density at radius 1 is 0.793 bits per heavy atom. The van der Waals surface area contributed by atoms with E-state index in [9.17, 15) is 19.9 Å². The number of anilines is 1. The Hall–Kier alpha value is -3.52. The molecule has 0 bridgehead atoms. The molecule has 5 rings (SSSR count). The van der Waals surface area contributed by atoms with Gasteiger partial charge in [0, 0.05) is 17.3 Å². The van der Waals surface area contributed by atoms with Gasteiger partial charge in [-0.15, -0.1) is 5.46 Å². The van der Waals surface area contributed by atoms with E-state index in [-0.39, 0.29) is 11.2 Å². The highest BCUT2D eigenvalue weighted by Gasteiger charge is 2.19. The van der Waals surface area contributed by atoms with E-state index in [0.717, 1.165) is 38.5 Å². The highest BCUT2D eigenvalue weighted by atomic mass is 16.5. The van der Waals surface area contributed by atoms with E-state index in [1.807, 2.05) is 30.3 Å². The van der Waals surface area contributed by atoms with E-state index in [4.69, 9.17) is 0 Å². The molecule has 0 aliphatic carbocycles. The summed E-state index contributed by atoms with van der Waals surface area (Å²) in [5.41, 5.74) is 0.598. The Morgan fingerprint density at radius 2 is 1.45 bits per heavy atom. The smallest absolute Gasteiger partial charge is 0.404 e. The van der Waals surface area contributed by atoms with Crippen LogP contribution < -0.4 is 10.8 Å². The number of carbonyl (C=O) groups is 1. The first kappa shape index (κ1) is 17.6. The van der Waals surface area contributed by atoms with Crippen molar-refractivity contribution in [3.63, 3.8) is 0 Å². The molecule has 142 valence electrons. The molecule has 4 N–H and O–H groups in total. The molecule has 29 heavy (non-hydrogen) atoms. The molecule has 1 amide bonds. The molecule has 5 aromatic rings. The Kier molecular flexibility index (Phi) is 3.79. The number of aromatic nitrogens is 1. The molecule has 0 saturated heterocycles. The van der Waals surface area contributed by atoms with Crippen LogP contribution in [0.2, 0.25) is 0 Å². The second-order valence-corrected chi connectivity index (χ2v) is 7.13. The third kappa shape index (κ3) is 2.89. The fourth-order valence-corrected chi connectivity index (χ4v) is 3.80. The number of rotatable bonds is 3. The monoisotopic (exact) mass is 383 g/mol. The van der Waals surface area contributed by atoms with E-state index in [1.165, 1.54) is 12.1 Å². The number of nitrogens with one attached hydrogen (secondary N) is 1. The van der Waals surface area contributed by atoms with Crippen molar-refractivity contribution in [2.45, 2.75) is 0 Å². The lowest BCUT2D eigenvalue weighted by atomic mass is 9.72. The van der Waals surface area contributed by atoms with Crippen LogP contribution in [0.4, 0.5) is 5.69 Å². The first-order valence-electron chi connectivity index (χ1n) is 9.17. The second-order valence-electron chi connectivity index (χ2n) is 7.13. The summed E-state index contributed by atoms with van der Waals surface area (Å²) in [5, 5.41) is 37.2. The molecule has 0 spiro atoms. The molecule has 6 nitrogen and oxygen atoms in total. The summed E-state index contributed by atoms with van der Waals surface area (Å²) < 4.78 is 0. The van der Waals surface area contributed by atoms with E-state index < -0.39 is 12.7 Å². The Balaban J connectivity index is 1.57. The van der Waals surface area contributed by atoms with Crippen molar-refractivity contribution >= 4 is 56.1 Å². The van der Waals surface area contributed by atoms with Gasteiger partial charge in [-0.1, -0.05) is 54.6 Å². The van der Waals surface area contributed by atoms with Crippen molar-refractivity contribution in [3.05, 3.63) is 78.6 Å². The van der Waals surface area contributed by atoms with Gasteiger partial charge in [-0.05, 0) is 39.1 Å². The van der Waals surface area contributed by atoms with Gasteiger partial charge in [0.05, 0.1) is 0 Å². The summed E-state index contributed by atoms with van der Waals surface area (Å²) in [6.45, 7) is -3.64. The standard InChI is InChI=1S/C22H16BN2O4/c26-22(19-11-8-16(12-24-19)23(27,28)29)25-18-10-7-15-5-4-13-2-1-3-14-6-9-17(18)21(15)20(13)14/h1-12,27-29H,(H,25,26)/q-1. The molecule has 0 aliphatic heterocycles. The van der Waals surface area contributed by atoms with E-state index in [2.05, 4.69) is 34.6 Å². The summed E-state index contributed by atoms with van der Waals surface area (Å²) in [7, 11) is 0. The van der Waals surface area contributed by atoms with Crippen LogP contribution in [0.15, 0.2) is 72.9 Å². The van der Waals surface area contributed by atoms with Gasteiger partial charge in [0.15, 0.2) is 0 Å². The summed E-state index contributed by atoms with van der Waals surface area (Å²) in [4.78, 5) is 16.6. The van der Waals surface area contributed by atoms with Crippen molar-refractivity contribution in [1.82, 2.24) is 4.98 Å². The van der Waals surface area contributed by atoms with Crippen LogP contribution in [0.5, 0.6) is 0 Å². The third-order valence-electron chi connectivity index (χ3n) is 5.24. The van der Waals surface area contributed by atoms with Gasteiger partial charge in [-0.25, -0.2) is 0 Å². The Morgan fingerprint density at radius 3 is 2.10 bits per heavy atom. The highest BCUT2D eigenvalue weighted by molar-refractivity contribution is 6.71. The molecule has 0 aliphatic rings. The summed E-state index contributed by atoms with van der Waals surface area (Å²) in [5.74, 6) is -0.432. The summed E-state index contributed by atoms with van der Waals surface area (Å²) in [6, 6.07) is 20.8. The first-order valence-corrected chi connectivity index (χ1v) is 9.17. The molecular weight excluding hydrogens is 367 g/mol. The molecule has 1 aromatic heterocycles. The molecule has 0 unspecified atom stereocenters. The molecule has 0 radical (unpaired) electrons. The zero-order valence-electron chi connectivity index (χ0n) is 15.2. The Bertz CT molecular complexity index is 1360. The number of amides is 1. The fraction of sp³-hybridized carbons (Fsp3) is 0. The lowest BCUT2D eigenvalue weighted by molar-refractivity contribution is 0.102. The number of benzene rings is 4. The molecular formula is C22H16BN2O4-. The van der Waals surface area contributed by atoms with Crippen molar-refractivity contribution in [2.75, 3.05) is 5.32 Å². The zero-order chi connectivity index (χ0) is 20.2. The van der Waals surface area contributed by atoms with Gasteiger partial charge in [0.25, 0.3) is 5.91 Å². The number of pyridine rings is 1. The SMILES string of the molecule is O=C(Nc1ccc2ccc3cccc4ccc1c2c34)c1ccc([B-](O)(O)O)cn1. The first-order chi connectivity index (χ1) is 13.9. The maximum atomic E-state index is 12.7. The predicted molar refractivity (Wildman–Crippen MR) is 114 cm³/mol. The van der Waals surface area contributed by atoms with Crippen molar-refractivity contribution in [1.29, 1.82) is 0 Å². The van der Waals surface area contributed by atoms with Gasteiger partial charge >= 0.3 is 6.75 Å². The molecule has 0 saturated carbocycles. The molecule has 0 atom stereocenters. The predicted octanol–water partition coefficient (Wildman–Crippen LogP) is 2.35. The lowest BCUT2D eigenvalue weighted by Gasteiger charge is -2.20. The van der Waals surface area contributed by atoms with Gasteiger partial charge < -0.3 is 20.4 Å². The van der Waals surface area contributed by atoms with Gasteiger partial charge in [-0.3, -0.25) is 9.78 Å². The maximum absolute atomic E-state index is 12.7. The molecule has 1 heterocycles.